The summed E-state index contributed by atoms with van der Waals surface area (Å²) < 4.78 is 5.43. The molecule has 1 N–H and O–H groups in total. The van der Waals surface area contributed by atoms with E-state index in [0.717, 1.165) is 58.7 Å². The second-order valence-electron chi connectivity index (χ2n) is 4.89. The molecule has 98 valence electrons. The molecule has 4 heteroatoms. The van der Waals surface area contributed by atoms with Crippen molar-refractivity contribution in [1.29, 1.82) is 5.26 Å². The summed E-state index contributed by atoms with van der Waals surface area (Å²) in [6, 6.07) is 2.38. The van der Waals surface area contributed by atoms with Crippen molar-refractivity contribution in [2.24, 2.45) is 0 Å². The molecule has 1 saturated heterocycles. The fraction of sp³-hybridized carbons (Fsp3) is 0.923. The Kier molecular flexibility index (Phi) is 6.49. The Morgan fingerprint density at radius 1 is 1.41 bits per heavy atom. The van der Waals surface area contributed by atoms with Crippen molar-refractivity contribution in [2.75, 3.05) is 39.4 Å². The van der Waals surface area contributed by atoms with Crippen molar-refractivity contribution < 1.29 is 4.74 Å². The molecule has 0 radical (unpaired) electrons. The first-order valence-corrected chi connectivity index (χ1v) is 6.66. The average Bonchev–Trinajstić information content (AvgIpc) is 2.58. The Bertz CT molecular complexity index is 244. The van der Waals surface area contributed by atoms with Crippen LogP contribution in [0.5, 0.6) is 0 Å². The zero-order valence-corrected chi connectivity index (χ0v) is 11.2. The van der Waals surface area contributed by atoms with Gasteiger partial charge in [-0.15, -0.1) is 0 Å². The topological polar surface area (TPSA) is 48.3 Å². The summed E-state index contributed by atoms with van der Waals surface area (Å²) in [6.07, 6.45) is 3.11. The van der Waals surface area contributed by atoms with E-state index in [1.807, 2.05) is 13.8 Å². The highest BCUT2D eigenvalue weighted by atomic mass is 16.5. The van der Waals surface area contributed by atoms with E-state index in [0.29, 0.717) is 0 Å². The molecule has 0 aromatic heterocycles. The number of nitriles is 1. The van der Waals surface area contributed by atoms with E-state index in [4.69, 9.17) is 10.00 Å². The maximum Gasteiger partial charge on any atom is 0.103 e. The lowest BCUT2D eigenvalue weighted by molar-refractivity contribution is 0.141. The van der Waals surface area contributed by atoms with Crippen molar-refractivity contribution in [3.05, 3.63) is 0 Å². The third-order valence-electron chi connectivity index (χ3n) is 3.28. The van der Waals surface area contributed by atoms with E-state index in [2.05, 4.69) is 16.3 Å². The zero-order valence-electron chi connectivity index (χ0n) is 11.2. The van der Waals surface area contributed by atoms with Gasteiger partial charge in [-0.3, -0.25) is 5.32 Å². The minimum atomic E-state index is -0.364. The first-order chi connectivity index (χ1) is 8.20. The standard InChI is InChI=1S/C13H25N3O/c1-3-15-13(2,12-14)6-4-7-16-8-5-10-17-11-9-16/h15H,3-11H2,1-2H3. The van der Waals surface area contributed by atoms with Gasteiger partial charge in [0, 0.05) is 19.7 Å². The number of hydrogen-bond donors (Lipinski definition) is 1. The molecule has 0 aliphatic carbocycles. The van der Waals surface area contributed by atoms with Gasteiger partial charge in [-0.1, -0.05) is 6.92 Å². The van der Waals surface area contributed by atoms with Crippen LogP contribution in [0.3, 0.4) is 0 Å². The van der Waals surface area contributed by atoms with Crippen molar-refractivity contribution in [1.82, 2.24) is 10.2 Å². The highest BCUT2D eigenvalue weighted by Gasteiger charge is 2.22. The molecule has 0 aromatic carbocycles. The van der Waals surface area contributed by atoms with Crippen LogP contribution in [0.2, 0.25) is 0 Å². The molecule has 0 amide bonds. The van der Waals surface area contributed by atoms with Gasteiger partial charge in [0.1, 0.15) is 5.54 Å². The predicted octanol–water partition coefficient (Wildman–Crippen LogP) is 1.38. The van der Waals surface area contributed by atoms with Crippen molar-refractivity contribution >= 4 is 0 Å². The van der Waals surface area contributed by atoms with E-state index in [1.54, 1.807) is 0 Å². The SMILES string of the molecule is CCNC(C)(C#N)CCCN1CCCOCC1. The molecule has 0 spiro atoms. The Morgan fingerprint density at radius 3 is 2.94 bits per heavy atom. The van der Waals surface area contributed by atoms with Crippen LogP contribution in [0.25, 0.3) is 0 Å². The van der Waals surface area contributed by atoms with Crippen LogP contribution < -0.4 is 5.32 Å². The first kappa shape index (κ1) is 14.4. The number of nitrogens with one attached hydrogen (secondary N) is 1. The summed E-state index contributed by atoms with van der Waals surface area (Å²) in [6.45, 7) is 9.86. The van der Waals surface area contributed by atoms with E-state index >= 15 is 0 Å². The maximum atomic E-state index is 9.15. The fourth-order valence-electron chi connectivity index (χ4n) is 2.25. The van der Waals surface area contributed by atoms with Crippen LogP contribution >= 0.6 is 0 Å². The molecule has 0 saturated carbocycles. The second-order valence-corrected chi connectivity index (χ2v) is 4.89. The number of nitrogens with zero attached hydrogens (tertiary/aromatic N) is 2. The van der Waals surface area contributed by atoms with Gasteiger partial charge in [-0.25, -0.2) is 0 Å². The maximum absolute atomic E-state index is 9.15. The lowest BCUT2D eigenvalue weighted by atomic mass is 9.97. The monoisotopic (exact) mass is 239 g/mol. The van der Waals surface area contributed by atoms with Gasteiger partial charge < -0.3 is 9.64 Å². The lowest BCUT2D eigenvalue weighted by Gasteiger charge is -2.25. The van der Waals surface area contributed by atoms with E-state index in [9.17, 15) is 0 Å². The van der Waals surface area contributed by atoms with E-state index in [-0.39, 0.29) is 5.54 Å². The minimum absolute atomic E-state index is 0.364. The highest BCUT2D eigenvalue weighted by molar-refractivity contribution is 5.03. The molecule has 1 aliphatic heterocycles. The van der Waals surface area contributed by atoms with Crippen molar-refractivity contribution in [3.8, 4) is 6.07 Å². The van der Waals surface area contributed by atoms with Crippen LogP contribution in [0.4, 0.5) is 0 Å². The molecule has 1 unspecified atom stereocenters. The quantitative estimate of drug-likeness (QED) is 0.761. The summed E-state index contributed by atoms with van der Waals surface area (Å²) in [4.78, 5) is 2.44. The summed E-state index contributed by atoms with van der Waals surface area (Å²) in [7, 11) is 0. The van der Waals surface area contributed by atoms with Crippen LogP contribution in [-0.2, 0) is 4.74 Å². The molecule has 1 aliphatic rings. The largest absolute Gasteiger partial charge is 0.380 e. The van der Waals surface area contributed by atoms with E-state index < -0.39 is 0 Å². The number of hydrogen-bond acceptors (Lipinski definition) is 4. The smallest absolute Gasteiger partial charge is 0.103 e. The van der Waals surface area contributed by atoms with Gasteiger partial charge >= 0.3 is 0 Å². The Labute approximate surface area is 105 Å². The normalized spacial score (nSPS) is 21.5. The lowest BCUT2D eigenvalue weighted by Crippen LogP contribution is -2.41. The molecule has 1 atom stereocenters. The van der Waals surface area contributed by atoms with Gasteiger partial charge in [-0.2, -0.15) is 5.26 Å². The molecule has 17 heavy (non-hydrogen) atoms. The predicted molar refractivity (Wildman–Crippen MR) is 68.8 cm³/mol. The first-order valence-electron chi connectivity index (χ1n) is 6.66. The molecule has 0 aromatic rings. The molecule has 0 bridgehead atoms. The average molecular weight is 239 g/mol. The fourth-order valence-corrected chi connectivity index (χ4v) is 2.25. The van der Waals surface area contributed by atoms with Crippen molar-refractivity contribution in [2.45, 2.75) is 38.6 Å². The third-order valence-corrected chi connectivity index (χ3v) is 3.28. The van der Waals surface area contributed by atoms with Gasteiger partial charge in [0.15, 0.2) is 0 Å². The van der Waals surface area contributed by atoms with Gasteiger partial charge in [0.2, 0.25) is 0 Å². The van der Waals surface area contributed by atoms with Gasteiger partial charge in [0.25, 0.3) is 0 Å². The van der Waals surface area contributed by atoms with Crippen LogP contribution in [0.1, 0.15) is 33.1 Å². The molecule has 4 nitrogen and oxygen atoms in total. The number of rotatable bonds is 6. The summed E-state index contributed by atoms with van der Waals surface area (Å²) >= 11 is 0. The van der Waals surface area contributed by atoms with E-state index in [1.165, 1.54) is 0 Å². The molecule has 1 heterocycles. The second kappa shape index (κ2) is 7.65. The molecular weight excluding hydrogens is 214 g/mol. The highest BCUT2D eigenvalue weighted by Crippen LogP contribution is 2.12. The summed E-state index contributed by atoms with van der Waals surface area (Å²) in [5, 5.41) is 12.4. The summed E-state index contributed by atoms with van der Waals surface area (Å²) in [5.74, 6) is 0. The third kappa shape index (κ3) is 5.49. The molecular formula is C13H25N3O. The van der Waals surface area contributed by atoms with Crippen LogP contribution in [0, 0.1) is 11.3 Å². The van der Waals surface area contributed by atoms with Crippen LogP contribution in [-0.4, -0.2) is 49.8 Å². The van der Waals surface area contributed by atoms with Crippen LogP contribution in [0.15, 0.2) is 0 Å². The summed E-state index contributed by atoms with van der Waals surface area (Å²) in [5.41, 5.74) is -0.364. The molecule has 1 rings (SSSR count). The number of ether oxygens (including phenoxy) is 1. The van der Waals surface area contributed by atoms with Crippen molar-refractivity contribution in [3.63, 3.8) is 0 Å². The Morgan fingerprint density at radius 2 is 2.24 bits per heavy atom. The Balaban J connectivity index is 2.23. The van der Waals surface area contributed by atoms with Gasteiger partial charge in [-0.05, 0) is 39.3 Å². The zero-order chi connectivity index (χ0) is 12.6. The molecule has 1 fully saturated rings. The van der Waals surface area contributed by atoms with Gasteiger partial charge in [0.05, 0.1) is 12.7 Å². The Hall–Kier alpha value is -0.630. The minimum Gasteiger partial charge on any atom is -0.380 e.